The van der Waals surface area contributed by atoms with Gasteiger partial charge in [-0.2, -0.15) is 0 Å². The molecule has 0 saturated carbocycles. The fraction of sp³-hybridized carbons (Fsp3) is 0.706. The Morgan fingerprint density at radius 2 is 1.23 bits per heavy atom. The number of methoxy groups -OCH3 is 1. The largest absolute Gasteiger partial charge is 0.466 e. The minimum Gasteiger partial charge on any atom is -0.466 e. The lowest BCUT2D eigenvalue weighted by Gasteiger charge is -2.51. The molecule has 2 aliphatic rings. The standard InChI is InChI=1S/C34H47NO21S/c1-14(36)35-26-23(49-17(4)39)11-34(33(45)46-10,56-29(26)27(51-19(6)41)24(50-18(5)40)12-47-15(2)37)57-31-28(52-20(7)42)25(13-48-16(3)38)55-32(54-22(9)44)30(31)53-21(8)43/h23-32H,11-13H2,1-10H3,(H,35,36)/t23-,24+,25+,26+,27+,28+,29+,30+,31-,32?,34-/m0/s1. The maximum atomic E-state index is 14.2. The lowest BCUT2D eigenvalue weighted by atomic mass is 9.89. The van der Waals surface area contributed by atoms with E-state index in [4.69, 9.17) is 52.1 Å². The van der Waals surface area contributed by atoms with Crippen LogP contribution in [0.3, 0.4) is 0 Å². The van der Waals surface area contributed by atoms with Crippen molar-refractivity contribution in [1.29, 1.82) is 0 Å². The highest BCUT2D eigenvalue weighted by atomic mass is 32.2. The third kappa shape index (κ3) is 14.5. The smallest absolute Gasteiger partial charge is 0.349 e. The van der Waals surface area contributed by atoms with Crippen LogP contribution in [0.4, 0.5) is 0 Å². The van der Waals surface area contributed by atoms with Crippen molar-refractivity contribution in [3.8, 4) is 0 Å². The van der Waals surface area contributed by atoms with Gasteiger partial charge in [0.1, 0.15) is 37.6 Å². The van der Waals surface area contributed by atoms with Crippen molar-refractivity contribution in [3.05, 3.63) is 0 Å². The molecule has 0 bridgehead atoms. The lowest BCUT2D eigenvalue weighted by molar-refractivity contribution is -0.268. The van der Waals surface area contributed by atoms with E-state index >= 15 is 0 Å². The highest BCUT2D eigenvalue weighted by Gasteiger charge is 2.63. The minimum atomic E-state index is -2.54. The molecule has 2 heterocycles. The zero-order chi connectivity index (χ0) is 43.4. The molecule has 22 nitrogen and oxygen atoms in total. The van der Waals surface area contributed by atoms with E-state index in [9.17, 15) is 47.9 Å². The molecule has 0 aromatic rings. The van der Waals surface area contributed by atoms with E-state index in [0.717, 1.165) is 69.4 Å². The van der Waals surface area contributed by atoms with Crippen molar-refractivity contribution in [2.24, 2.45) is 0 Å². The molecule has 0 spiro atoms. The molecule has 0 aromatic carbocycles. The number of rotatable bonds is 16. The van der Waals surface area contributed by atoms with Crippen LogP contribution in [-0.4, -0.2) is 145 Å². The molecule has 0 radical (unpaired) electrons. The van der Waals surface area contributed by atoms with Crippen LogP contribution in [0.1, 0.15) is 68.7 Å². The van der Waals surface area contributed by atoms with Gasteiger partial charge in [0.2, 0.25) is 17.1 Å². The number of hydrogen-bond acceptors (Lipinski definition) is 22. The van der Waals surface area contributed by atoms with Crippen molar-refractivity contribution in [2.45, 2.75) is 134 Å². The zero-order valence-corrected chi connectivity index (χ0v) is 33.7. The number of carbonyl (C=O) groups excluding carboxylic acids is 10. The molecule has 320 valence electrons. The van der Waals surface area contributed by atoms with Gasteiger partial charge in [0, 0.05) is 68.7 Å². The third-order valence-electron chi connectivity index (χ3n) is 7.75. The Morgan fingerprint density at radius 1 is 0.684 bits per heavy atom. The summed E-state index contributed by atoms with van der Waals surface area (Å²) < 4.78 is 60.8. The number of thioether (sulfide) groups is 1. The van der Waals surface area contributed by atoms with E-state index in [1.54, 1.807) is 0 Å². The molecule has 1 amide bonds. The van der Waals surface area contributed by atoms with Crippen molar-refractivity contribution in [1.82, 2.24) is 5.32 Å². The first kappa shape index (κ1) is 48.1. The maximum absolute atomic E-state index is 14.2. The minimum absolute atomic E-state index is 0.426. The van der Waals surface area contributed by atoms with Gasteiger partial charge < -0.3 is 57.4 Å². The summed E-state index contributed by atoms with van der Waals surface area (Å²) in [5.41, 5.74) is 0. The molecule has 23 heteroatoms. The van der Waals surface area contributed by atoms with E-state index in [1.165, 1.54) is 0 Å². The van der Waals surface area contributed by atoms with Gasteiger partial charge in [-0.25, -0.2) is 4.79 Å². The average molecular weight is 838 g/mol. The topological polar surface area (TPSA) is 284 Å². The monoisotopic (exact) mass is 837 g/mol. The van der Waals surface area contributed by atoms with Crippen molar-refractivity contribution in [3.63, 3.8) is 0 Å². The lowest BCUT2D eigenvalue weighted by Crippen LogP contribution is -2.69. The quantitative estimate of drug-likeness (QED) is 0.149. The zero-order valence-electron chi connectivity index (χ0n) is 32.9. The van der Waals surface area contributed by atoms with Gasteiger partial charge in [-0.1, -0.05) is 0 Å². The van der Waals surface area contributed by atoms with Crippen LogP contribution in [-0.2, 0) is 100 Å². The summed E-state index contributed by atoms with van der Waals surface area (Å²) >= 11 is 0.426. The Kier molecular flexibility index (Phi) is 18.1. The van der Waals surface area contributed by atoms with Gasteiger partial charge >= 0.3 is 53.7 Å². The summed E-state index contributed by atoms with van der Waals surface area (Å²) in [6.45, 7) is 7.70. The van der Waals surface area contributed by atoms with Crippen molar-refractivity contribution >= 4 is 71.4 Å². The Morgan fingerprint density at radius 3 is 1.70 bits per heavy atom. The molecule has 57 heavy (non-hydrogen) atoms. The fourth-order valence-corrected chi connectivity index (χ4v) is 7.72. The summed E-state index contributed by atoms with van der Waals surface area (Å²) in [5, 5.41) is 0.945. The Bertz CT molecular complexity index is 1550. The predicted molar refractivity (Wildman–Crippen MR) is 185 cm³/mol. The number of amides is 1. The second-order valence-corrected chi connectivity index (χ2v) is 14.1. The average Bonchev–Trinajstić information content (AvgIpc) is 3.06. The fourth-order valence-electron chi connectivity index (χ4n) is 5.99. The van der Waals surface area contributed by atoms with Gasteiger partial charge in [-0.05, 0) is 0 Å². The molecule has 1 unspecified atom stereocenters. The molecule has 0 aliphatic carbocycles. The Hall–Kier alpha value is -5.03. The second-order valence-electron chi connectivity index (χ2n) is 12.6. The van der Waals surface area contributed by atoms with Gasteiger partial charge in [0.05, 0.1) is 18.4 Å². The molecular weight excluding hydrogens is 790 g/mol. The van der Waals surface area contributed by atoms with Gasteiger partial charge in [0.25, 0.3) is 0 Å². The van der Waals surface area contributed by atoms with Crippen LogP contribution < -0.4 is 5.32 Å². The first-order chi connectivity index (χ1) is 26.5. The van der Waals surface area contributed by atoms with Crippen molar-refractivity contribution < 1.29 is 100 Å². The van der Waals surface area contributed by atoms with Gasteiger partial charge in [0.15, 0.2) is 18.3 Å². The molecular formula is C34H47NO21S. The molecule has 11 atom stereocenters. The normalized spacial score (nSPS) is 27.8. The summed E-state index contributed by atoms with van der Waals surface area (Å²) in [7, 11) is 0.942. The molecule has 1 N–H and O–H groups in total. The molecule has 2 rings (SSSR count). The summed E-state index contributed by atoms with van der Waals surface area (Å²) in [5.74, 6) is -9.47. The molecule has 2 saturated heterocycles. The number of esters is 9. The van der Waals surface area contributed by atoms with E-state index in [0.29, 0.717) is 11.8 Å². The van der Waals surface area contributed by atoms with Crippen LogP contribution in [0.15, 0.2) is 0 Å². The highest BCUT2D eigenvalue weighted by Crippen LogP contribution is 2.48. The Labute approximate surface area is 330 Å². The number of hydrogen-bond donors (Lipinski definition) is 1. The predicted octanol–water partition coefficient (Wildman–Crippen LogP) is -0.676. The number of nitrogens with one attached hydrogen (secondary N) is 1. The van der Waals surface area contributed by atoms with Crippen LogP contribution in [0.2, 0.25) is 0 Å². The van der Waals surface area contributed by atoms with E-state index in [-0.39, 0.29) is 0 Å². The van der Waals surface area contributed by atoms with E-state index in [2.05, 4.69) is 5.32 Å². The SMILES string of the molecule is COC(=O)[C@@]1(S[C@H]2[C@H](OC(C)=O)[C@@H](COC(C)=O)OC(OC(C)=O)[C@@H]2OC(C)=O)C[C@H](OC(C)=O)[C@@H](NC(C)=O)[C@H]([C@H](OC(C)=O)[C@@H](COC(C)=O)OC(C)=O)O1. The third-order valence-corrected chi connectivity index (χ3v) is 9.37. The van der Waals surface area contributed by atoms with E-state index < -0.39 is 145 Å². The van der Waals surface area contributed by atoms with Crippen LogP contribution in [0, 0.1) is 0 Å². The van der Waals surface area contributed by atoms with Crippen LogP contribution in [0.5, 0.6) is 0 Å². The van der Waals surface area contributed by atoms with Crippen LogP contribution >= 0.6 is 11.8 Å². The maximum Gasteiger partial charge on any atom is 0.349 e. The highest BCUT2D eigenvalue weighted by molar-refractivity contribution is 8.01. The molecule has 2 fully saturated rings. The van der Waals surface area contributed by atoms with Gasteiger partial charge in [-0.3, -0.25) is 43.2 Å². The second kappa shape index (κ2) is 21.5. The summed E-state index contributed by atoms with van der Waals surface area (Å²) in [6, 6.07) is -1.53. The number of ether oxygens (including phenoxy) is 11. The summed E-state index contributed by atoms with van der Waals surface area (Å²) in [4.78, 5) is 123. The first-order valence-corrected chi connectivity index (χ1v) is 18.0. The molecule has 2 aliphatic heterocycles. The van der Waals surface area contributed by atoms with Crippen LogP contribution in [0.25, 0.3) is 0 Å². The Balaban J connectivity index is 3.06. The van der Waals surface area contributed by atoms with Crippen molar-refractivity contribution in [2.75, 3.05) is 20.3 Å². The van der Waals surface area contributed by atoms with Gasteiger partial charge in [-0.15, -0.1) is 11.8 Å². The summed E-state index contributed by atoms with van der Waals surface area (Å²) in [6.07, 6.45) is -14.4. The first-order valence-electron chi connectivity index (χ1n) is 17.2. The molecule has 0 aromatic heterocycles. The van der Waals surface area contributed by atoms with E-state index in [1.807, 2.05) is 0 Å². The number of carbonyl (C=O) groups is 10.